The van der Waals surface area contributed by atoms with Gasteiger partial charge in [0, 0.05) is 60.3 Å². The van der Waals surface area contributed by atoms with Gasteiger partial charge in [-0.25, -0.2) is 0 Å². The molecule has 0 spiro atoms. The van der Waals surface area contributed by atoms with E-state index in [2.05, 4.69) is 281 Å². The van der Waals surface area contributed by atoms with Gasteiger partial charge in [0.2, 0.25) is 0 Å². The van der Waals surface area contributed by atoms with Gasteiger partial charge in [-0.05, 0) is 131 Å². The lowest BCUT2D eigenvalue weighted by Crippen LogP contribution is -2.61. The monoisotopic (exact) mass is 1060 g/mol. The van der Waals surface area contributed by atoms with E-state index in [1.807, 2.05) is 0 Å². The quantitative estimate of drug-likeness (QED) is 0.0895. The fourth-order valence-electron chi connectivity index (χ4n) is 14.0. The molecule has 0 aliphatic carbocycles. The number of hydrogen-bond donors (Lipinski definition) is 0. The van der Waals surface area contributed by atoms with E-state index < -0.39 is 0 Å². The molecular weight excluding hydrogens is 1010 g/mol. The lowest BCUT2D eigenvalue weighted by Gasteiger charge is -2.46. The van der Waals surface area contributed by atoms with Crippen LogP contribution in [-0.4, -0.2) is 11.3 Å². The Morgan fingerprint density at radius 3 is 1.20 bits per heavy atom. The van der Waals surface area contributed by atoms with Crippen molar-refractivity contribution in [3.63, 3.8) is 0 Å². The van der Waals surface area contributed by atoms with E-state index in [4.69, 9.17) is 23.2 Å². The highest BCUT2D eigenvalue weighted by Gasteiger charge is 2.45. The highest BCUT2D eigenvalue weighted by molar-refractivity contribution is 7.00. The Hall–Kier alpha value is -9.58. The van der Waals surface area contributed by atoms with Gasteiger partial charge in [-0.2, -0.15) is 0 Å². The smallest absolute Gasteiger partial charge is 0.252 e. The molecule has 0 fully saturated rings. The van der Waals surface area contributed by atoms with Crippen LogP contribution in [0.2, 0.25) is 10.0 Å². The second-order valence-corrected chi connectivity index (χ2v) is 22.2. The van der Waals surface area contributed by atoms with Crippen LogP contribution in [-0.2, 0) is 0 Å². The molecule has 1 aromatic heterocycles. The van der Waals surface area contributed by atoms with Gasteiger partial charge in [0.15, 0.2) is 0 Å². The molecule has 0 saturated heterocycles. The lowest BCUT2D eigenvalue weighted by atomic mass is 9.33. The number of nitrogens with zero attached hydrogens (tertiary/aromatic N) is 3. The number of halogens is 2. The van der Waals surface area contributed by atoms with Crippen molar-refractivity contribution in [1.82, 2.24) is 4.57 Å². The SMILES string of the molecule is Clc1ccc2c(c1)N(c1c(-c3ccccc3)cccc1-c1ccccc1)c1cc(-c3ccccc3)cc3c1B2c1ccc(Cl)cc1N3c1c(-c2ccccc2)cccc1-n1c2ccc3cccc4c5cccc6ccc1c(c65)c2c34. The Labute approximate surface area is 473 Å². The minimum atomic E-state index is -0.204. The zero-order chi connectivity index (χ0) is 52.7. The summed E-state index contributed by atoms with van der Waals surface area (Å²) in [5, 5.41) is 11.5. The molecule has 0 bridgehead atoms. The summed E-state index contributed by atoms with van der Waals surface area (Å²) in [6, 6.07) is 97.8. The van der Waals surface area contributed by atoms with Crippen molar-refractivity contribution >= 4 is 135 Å². The predicted molar refractivity (Wildman–Crippen MR) is 341 cm³/mol. The molecule has 80 heavy (non-hydrogen) atoms. The number of fused-ring (bicyclic) bond motifs is 5. The highest BCUT2D eigenvalue weighted by Crippen LogP contribution is 2.55. The number of rotatable bonds is 7. The molecule has 0 unspecified atom stereocenters. The lowest BCUT2D eigenvalue weighted by molar-refractivity contribution is 1.15. The van der Waals surface area contributed by atoms with Crippen LogP contribution in [0.25, 0.3) is 104 Å². The summed E-state index contributed by atoms with van der Waals surface area (Å²) in [5.41, 5.74) is 22.1. The summed E-state index contributed by atoms with van der Waals surface area (Å²) < 4.78 is 2.56. The largest absolute Gasteiger partial charge is 0.310 e. The Bertz CT molecular complexity index is 4820. The molecule has 3 nitrogen and oxygen atoms in total. The summed E-state index contributed by atoms with van der Waals surface area (Å²) in [6.07, 6.45) is 0. The highest BCUT2D eigenvalue weighted by atomic mass is 35.5. The first-order chi connectivity index (χ1) is 39.6. The van der Waals surface area contributed by atoms with Crippen LogP contribution in [0.5, 0.6) is 0 Å². The van der Waals surface area contributed by atoms with Gasteiger partial charge in [-0.1, -0.05) is 236 Å². The standard InChI is InChI=1S/C74H44BCl2N3/c76-52-35-37-59-64(43-52)79(73-54(46-19-7-2-8-20-46)27-15-28-55(73)47-21-9-3-10-22-47)66-41-51(45-17-5-1-6-18-45)42-67-72(66)75(59)60-38-36-53(77)44-65(60)80(67)74-56(48-23-11-4-12-24-48)29-16-32-63(74)78-61-39-33-49-25-13-30-57-58-31-14-26-50-34-40-62(78)71(69(50)58)70(61)68(49)57/h1-44H. The van der Waals surface area contributed by atoms with Gasteiger partial charge in [-0.3, -0.25) is 0 Å². The molecule has 14 aromatic carbocycles. The Kier molecular flexibility index (Phi) is 9.92. The molecule has 0 radical (unpaired) electrons. The van der Waals surface area contributed by atoms with Crippen molar-refractivity contribution in [1.29, 1.82) is 0 Å². The van der Waals surface area contributed by atoms with Crippen LogP contribution in [0.4, 0.5) is 34.1 Å². The summed E-state index contributed by atoms with van der Waals surface area (Å²) in [5.74, 6) is 0. The van der Waals surface area contributed by atoms with Gasteiger partial charge in [-0.15, -0.1) is 0 Å². The maximum absolute atomic E-state index is 7.41. The topological polar surface area (TPSA) is 11.4 Å². The van der Waals surface area contributed by atoms with E-state index in [0.717, 1.165) is 106 Å². The number of benzene rings is 14. The maximum atomic E-state index is 7.41. The maximum Gasteiger partial charge on any atom is 0.252 e. The van der Waals surface area contributed by atoms with Gasteiger partial charge >= 0.3 is 0 Å². The van der Waals surface area contributed by atoms with Gasteiger partial charge in [0.05, 0.1) is 28.1 Å². The zero-order valence-electron chi connectivity index (χ0n) is 43.1. The van der Waals surface area contributed by atoms with Crippen LogP contribution < -0.4 is 26.2 Å². The number of aromatic nitrogens is 1. The first kappa shape index (κ1) is 45.4. The Morgan fingerprint density at radius 1 is 0.287 bits per heavy atom. The van der Waals surface area contributed by atoms with Crippen LogP contribution in [0.3, 0.4) is 0 Å². The number of para-hydroxylation sites is 2. The average Bonchev–Trinajstić information content (AvgIpc) is 3.95. The molecule has 0 saturated carbocycles. The minimum absolute atomic E-state index is 0.204. The number of hydrogen-bond acceptors (Lipinski definition) is 2. The fraction of sp³-hybridized carbons (Fsp3) is 0. The zero-order valence-corrected chi connectivity index (χ0v) is 44.6. The third kappa shape index (κ3) is 6.52. The summed E-state index contributed by atoms with van der Waals surface area (Å²) in [4.78, 5) is 5.10. The fourth-order valence-corrected chi connectivity index (χ4v) is 14.3. The molecule has 0 atom stereocenters. The van der Waals surface area contributed by atoms with Crippen molar-refractivity contribution in [2.75, 3.05) is 9.80 Å². The third-order valence-electron chi connectivity index (χ3n) is 17.2. The molecule has 372 valence electrons. The first-order valence-corrected chi connectivity index (χ1v) is 28.1. The molecule has 6 heteroatoms. The van der Waals surface area contributed by atoms with Crippen LogP contribution in [0, 0.1) is 0 Å². The molecular formula is C74H44BCl2N3. The van der Waals surface area contributed by atoms with E-state index >= 15 is 0 Å². The van der Waals surface area contributed by atoms with Crippen LogP contribution in [0.1, 0.15) is 0 Å². The summed E-state index contributed by atoms with van der Waals surface area (Å²) in [7, 11) is 0. The summed E-state index contributed by atoms with van der Waals surface area (Å²) >= 11 is 14.7. The third-order valence-corrected chi connectivity index (χ3v) is 17.6. The first-order valence-electron chi connectivity index (χ1n) is 27.3. The van der Waals surface area contributed by atoms with Crippen molar-refractivity contribution in [3.8, 4) is 50.2 Å². The second-order valence-electron chi connectivity index (χ2n) is 21.3. The number of anilines is 6. The van der Waals surface area contributed by atoms with E-state index in [1.165, 1.54) is 48.6 Å². The molecule has 0 N–H and O–H groups in total. The molecule has 0 amide bonds. The van der Waals surface area contributed by atoms with Crippen molar-refractivity contribution in [3.05, 3.63) is 277 Å². The van der Waals surface area contributed by atoms with Crippen molar-refractivity contribution in [2.45, 2.75) is 0 Å². The molecule has 2 aliphatic heterocycles. The summed E-state index contributed by atoms with van der Waals surface area (Å²) in [6.45, 7) is -0.204. The van der Waals surface area contributed by atoms with Crippen LogP contribution in [0.15, 0.2) is 267 Å². The van der Waals surface area contributed by atoms with Gasteiger partial charge < -0.3 is 14.4 Å². The van der Waals surface area contributed by atoms with Crippen molar-refractivity contribution in [2.24, 2.45) is 0 Å². The van der Waals surface area contributed by atoms with E-state index in [0.29, 0.717) is 10.0 Å². The van der Waals surface area contributed by atoms with Crippen molar-refractivity contribution < 1.29 is 0 Å². The molecule has 2 aliphatic rings. The Balaban J connectivity index is 1.04. The minimum Gasteiger partial charge on any atom is -0.310 e. The van der Waals surface area contributed by atoms with Gasteiger partial charge in [0.25, 0.3) is 6.71 Å². The predicted octanol–water partition coefficient (Wildman–Crippen LogP) is 19.2. The second kappa shape index (κ2) is 17.5. The van der Waals surface area contributed by atoms with E-state index in [1.54, 1.807) is 0 Å². The Morgan fingerprint density at radius 2 is 0.713 bits per heavy atom. The van der Waals surface area contributed by atoms with Crippen LogP contribution >= 0.6 is 23.2 Å². The normalized spacial score (nSPS) is 12.8. The van der Waals surface area contributed by atoms with E-state index in [9.17, 15) is 0 Å². The molecule has 3 heterocycles. The molecule has 15 aromatic rings. The van der Waals surface area contributed by atoms with E-state index in [-0.39, 0.29) is 6.71 Å². The average molecular weight is 1060 g/mol. The van der Waals surface area contributed by atoms with Gasteiger partial charge in [0.1, 0.15) is 0 Å². The molecule has 17 rings (SSSR count).